The predicted octanol–water partition coefficient (Wildman–Crippen LogP) is 3.11. The zero-order valence-corrected chi connectivity index (χ0v) is 18.5. The molecule has 1 aromatic carbocycles. The highest BCUT2D eigenvalue weighted by Crippen LogP contribution is 2.19. The van der Waals surface area contributed by atoms with Crippen molar-refractivity contribution in [3.8, 4) is 0 Å². The van der Waals surface area contributed by atoms with Gasteiger partial charge in [-0.1, -0.05) is 26.8 Å². The standard InChI is InChI=1S/C21H31N7O2/c1-13-7-8-16(11-14(13)2)23-19(30)10-9-17(12-18(29)21(4,5)6)25-27-20-26-24-15(3)28(20)22/h7-8,11H,9-10,12,22H2,1-6H3,(H,23,30)(H,26,27)/b25-17-. The number of carbonyl (C=O) groups is 2. The SMILES string of the molecule is Cc1ccc(NC(=O)CC/C(CC(=O)C(C)(C)C)=N/Nc2nnc(C)n2N)cc1C. The molecule has 0 radical (unpaired) electrons. The van der Waals surface area contributed by atoms with Gasteiger partial charge in [-0.3, -0.25) is 9.59 Å². The predicted molar refractivity (Wildman–Crippen MR) is 119 cm³/mol. The monoisotopic (exact) mass is 413 g/mol. The molecule has 1 aromatic heterocycles. The van der Waals surface area contributed by atoms with Gasteiger partial charge in [-0.25, -0.2) is 10.1 Å². The summed E-state index contributed by atoms with van der Waals surface area (Å²) in [5, 5.41) is 14.9. The first-order valence-electron chi connectivity index (χ1n) is 9.86. The van der Waals surface area contributed by atoms with Crippen LogP contribution in [0.15, 0.2) is 23.3 Å². The maximum absolute atomic E-state index is 12.5. The number of amides is 1. The molecule has 9 heteroatoms. The Hall–Kier alpha value is -3.23. The van der Waals surface area contributed by atoms with Gasteiger partial charge in [-0.05, 0) is 50.5 Å². The van der Waals surface area contributed by atoms with Crippen molar-refractivity contribution in [1.29, 1.82) is 0 Å². The normalized spacial score (nSPS) is 12.0. The second-order valence-corrected chi connectivity index (χ2v) is 8.43. The fourth-order valence-corrected chi connectivity index (χ4v) is 2.51. The van der Waals surface area contributed by atoms with Gasteiger partial charge in [0, 0.05) is 29.7 Å². The number of nitrogen functional groups attached to an aromatic ring is 1. The summed E-state index contributed by atoms with van der Waals surface area (Å²) in [5.41, 5.74) is 5.81. The summed E-state index contributed by atoms with van der Waals surface area (Å²) in [5.74, 6) is 6.48. The molecule has 9 nitrogen and oxygen atoms in total. The average Bonchev–Trinajstić information content (AvgIpc) is 2.98. The number of hydrogen-bond donors (Lipinski definition) is 3. The van der Waals surface area contributed by atoms with Gasteiger partial charge in [0.2, 0.25) is 5.91 Å². The van der Waals surface area contributed by atoms with E-state index < -0.39 is 5.41 Å². The highest BCUT2D eigenvalue weighted by molar-refractivity contribution is 6.05. The van der Waals surface area contributed by atoms with Crippen molar-refractivity contribution >= 4 is 29.0 Å². The number of anilines is 2. The Bertz CT molecular complexity index is 955. The zero-order valence-electron chi connectivity index (χ0n) is 18.5. The van der Waals surface area contributed by atoms with Crippen molar-refractivity contribution in [1.82, 2.24) is 14.9 Å². The second kappa shape index (κ2) is 9.51. The fourth-order valence-electron chi connectivity index (χ4n) is 2.51. The first kappa shape index (κ1) is 23.1. The summed E-state index contributed by atoms with van der Waals surface area (Å²) in [6, 6.07) is 5.77. The van der Waals surface area contributed by atoms with Gasteiger partial charge in [-0.15, -0.1) is 10.2 Å². The number of hydrazone groups is 1. The van der Waals surface area contributed by atoms with Gasteiger partial charge in [0.1, 0.15) is 5.78 Å². The minimum Gasteiger partial charge on any atom is -0.335 e. The number of ketones is 1. The summed E-state index contributed by atoms with van der Waals surface area (Å²) in [4.78, 5) is 24.9. The molecule has 1 heterocycles. The zero-order chi connectivity index (χ0) is 22.5. The molecule has 0 aliphatic rings. The maximum atomic E-state index is 12.5. The summed E-state index contributed by atoms with van der Waals surface area (Å²) in [6.45, 7) is 11.3. The van der Waals surface area contributed by atoms with Crippen LogP contribution in [0.4, 0.5) is 11.6 Å². The number of aryl methyl sites for hydroxylation is 3. The Morgan fingerprint density at radius 2 is 1.80 bits per heavy atom. The number of Topliss-reactive ketones (excluding diaryl/α,β-unsaturated/α-hetero) is 1. The Balaban J connectivity index is 2.06. The molecule has 0 aliphatic carbocycles. The lowest BCUT2D eigenvalue weighted by molar-refractivity contribution is -0.125. The first-order chi connectivity index (χ1) is 14.0. The van der Waals surface area contributed by atoms with E-state index >= 15 is 0 Å². The minimum atomic E-state index is -0.507. The molecule has 0 unspecified atom stereocenters. The van der Waals surface area contributed by atoms with E-state index in [0.29, 0.717) is 18.0 Å². The number of carbonyl (C=O) groups excluding carboxylic acids is 2. The van der Waals surface area contributed by atoms with Gasteiger partial charge < -0.3 is 11.2 Å². The summed E-state index contributed by atoms with van der Waals surface area (Å²) in [6.07, 6.45) is 0.646. The van der Waals surface area contributed by atoms with E-state index in [2.05, 4.69) is 26.0 Å². The molecule has 162 valence electrons. The minimum absolute atomic E-state index is 0.0306. The highest BCUT2D eigenvalue weighted by Gasteiger charge is 2.23. The Kier molecular flexibility index (Phi) is 7.31. The number of aromatic nitrogens is 3. The van der Waals surface area contributed by atoms with Crippen LogP contribution in [0.2, 0.25) is 0 Å². The Morgan fingerprint density at radius 3 is 2.37 bits per heavy atom. The molecule has 0 aliphatic heterocycles. The summed E-state index contributed by atoms with van der Waals surface area (Å²) >= 11 is 0. The van der Waals surface area contributed by atoms with E-state index in [-0.39, 0.29) is 30.5 Å². The van der Waals surface area contributed by atoms with E-state index in [0.717, 1.165) is 16.8 Å². The van der Waals surface area contributed by atoms with Crippen LogP contribution in [0, 0.1) is 26.2 Å². The van der Waals surface area contributed by atoms with Crippen LogP contribution in [0.25, 0.3) is 0 Å². The van der Waals surface area contributed by atoms with E-state index in [1.54, 1.807) is 6.92 Å². The highest BCUT2D eigenvalue weighted by atomic mass is 16.1. The van der Waals surface area contributed by atoms with Gasteiger partial charge in [0.15, 0.2) is 5.82 Å². The molecular formula is C21H31N7O2. The smallest absolute Gasteiger partial charge is 0.263 e. The number of rotatable bonds is 8. The van der Waals surface area contributed by atoms with Gasteiger partial charge in [-0.2, -0.15) is 5.10 Å². The van der Waals surface area contributed by atoms with Crippen LogP contribution in [-0.4, -0.2) is 32.3 Å². The number of hydrogen-bond acceptors (Lipinski definition) is 7. The third-order valence-corrected chi connectivity index (χ3v) is 4.81. The molecule has 0 spiro atoms. The van der Waals surface area contributed by atoms with Crippen molar-refractivity contribution in [2.75, 3.05) is 16.6 Å². The molecule has 2 rings (SSSR count). The van der Waals surface area contributed by atoms with E-state index in [1.807, 2.05) is 52.8 Å². The lowest BCUT2D eigenvalue weighted by Crippen LogP contribution is -2.24. The number of nitrogens with one attached hydrogen (secondary N) is 2. The number of benzene rings is 1. The topological polar surface area (TPSA) is 127 Å². The maximum Gasteiger partial charge on any atom is 0.263 e. The second-order valence-electron chi connectivity index (χ2n) is 8.43. The van der Waals surface area contributed by atoms with E-state index in [1.165, 1.54) is 4.68 Å². The van der Waals surface area contributed by atoms with Crippen LogP contribution in [0.3, 0.4) is 0 Å². The molecule has 0 bridgehead atoms. The Morgan fingerprint density at radius 1 is 1.10 bits per heavy atom. The molecule has 30 heavy (non-hydrogen) atoms. The molecule has 0 fully saturated rings. The van der Waals surface area contributed by atoms with Gasteiger partial charge >= 0.3 is 0 Å². The number of nitrogens with zero attached hydrogens (tertiary/aromatic N) is 4. The van der Waals surface area contributed by atoms with Crippen LogP contribution >= 0.6 is 0 Å². The molecule has 0 saturated heterocycles. The molecule has 0 atom stereocenters. The molecule has 4 N–H and O–H groups in total. The largest absolute Gasteiger partial charge is 0.335 e. The van der Waals surface area contributed by atoms with Crippen molar-refractivity contribution in [2.24, 2.45) is 10.5 Å². The molecule has 0 saturated carbocycles. The van der Waals surface area contributed by atoms with Crippen LogP contribution in [0.1, 0.15) is 57.0 Å². The molecule has 1 amide bonds. The average molecular weight is 414 g/mol. The van der Waals surface area contributed by atoms with Gasteiger partial charge in [0.25, 0.3) is 5.95 Å². The molecular weight excluding hydrogens is 382 g/mol. The van der Waals surface area contributed by atoms with Gasteiger partial charge in [0.05, 0.1) is 0 Å². The summed E-state index contributed by atoms with van der Waals surface area (Å²) < 4.78 is 1.26. The fraction of sp³-hybridized carbons (Fsp3) is 0.476. The van der Waals surface area contributed by atoms with Crippen molar-refractivity contribution in [3.05, 3.63) is 35.2 Å². The lowest BCUT2D eigenvalue weighted by atomic mass is 9.87. The van der Waals surface area contributed by atoms with Crippen LogP contribution in [-0.2, 0) is 9.59 Å². The van der Waals surface area contributed by atoms with E-state index in [9.17, 15) is 9.59 Å². The third-order valence-electron chi connectivity index (χ3n) is 4.81. The van der Waals surface area contributed by atoms with Crippen molar-refractivity contribution in [2.45, 2.75) is 60.8 Å². The quantitative estimate of drug-likeness (QED) is 0.347. The molecule has 2 aromatic rings. The van der Waals surface area contributed by atoms with E-state index in [4.69, 9.17) is 5.84 Å². The number of nitrogens with two attached hydrogens (primary N) is 1. The van der Waals surface area contributed by atoms with Crippen LogP contribution in [0.5, 0.6) is 0 Å². The third kappa shape index (κ3) is 6.40. The summed E-state index contributed by atoms with van der Waals surface area (Å²) in [7, 11) is 0. The lowest BCUT2D eigenvalue weighted by Gasteiger charge is -2.17. The first-order valence-corrected chi connectivity index (χ1v) is 9.86. The van der Waals surface area contributed by atoms with Crippen LogP contribution < -0.4 is 16.6 Å². The Labute approximate surface area is 177 Å². The van der Waals surface area contributed by atoms with Crippen molar-refractivity contribution < 1.29 is 9.59 Å². The van der Waals surface area contributed by atoms with Crippen molar-refractivity contribution in [3.63, 3.8) is 0 Å².